The molecule has 0 unspecified atom stereocenters. The van der Waals surface area contributed by atoms with Crippen LogP contribution in [0.5, 0.6) is 0 Å². The second-order valence-electron chi connectivity index (χ2n) is 4.30. The zero-order valence-corrected chi connectivity index (χ0v) is 14.2. The first-order valence-corrected chi connectivity index (χ1v) is 7.98. The molecule has 0 radical (unpaired) electrons. The minimum absolute atomic E-state index is 0.132. The molecule has 1 aliphatic rings. The van der Waals surface area contributed by atoms with Crippen molar-refractivity contribution in [1.29, 1.82) is 0 Å². The molecule has 3 nitrogen and oxygen atoms in total. The highest BCUT2D eigenvalue weighted by molar-refractivity contribution is 5.77. The minimum atomic E-state index is -0.369. The highest BCUT2D eigenvalue weighted by Crippen LogP contribution is 2.32. The van der Waals surface area contributed by atoms with E-state index in [-0.39, 0.29) is 18.2 Å². The standard InChI is InChI=1S/C9H15NO2.C4H8.2C2H6/c10-9(12)5-8(6-11)4-7-2-1-3-7;1-3-4-2;2*1-2/h6-8H,1-5H2,(H2,10,12);3H,1,4H2,2H3;2*1-2H3/t8-;;;/m1.../s1. The van der Waals surface area contributed by atoms with E-state index in [1.54, 1.807) is 0 Å². The maximum absolute atomic E-state index is 10.5. The lowest BCUT2D eigenvalue weighted by Gasteiger charge is -2.27. The number of aldehydes is 1. The van der Waals surface area contributed by atoms with Crippen molar-refractivity contribution in [2.45, 2.75) is 73.1 Å². The molecule has 1 amide bonds. The van der Waals surface area contributed by atoms with Gasteiger partial charge in [0.15, 0.2) is 0 Å². The summed E-state index contributed by atoms with van der Waals surface area (Å²) in [5.41, 5.74) is 5.01. The van der Waals surface area contributed by atoms with Crippen LogP contribution in [0.15, 0.2) is 12.7 Å². The maximum atomic E-state index is 10.5. The Morgan fingerprint density at radius 2 is 1.75 bits per heavy atom. The van der Waals surface area contributed by atoms with Gasteiger partial charge in [-0.2, -0.15) is 0 Å². The summed E-state index contributed by atoms with van der Waals surface area (Å²) >= 11 is 0. The fourth-order valence-electron chi connectivity index (χ4n) is 1.60. The Kier molecular flexibility index (Phi) is 24.2. The van der Waals surface area contributed by atoms with Gasteiger partial charge < -0.3 is 10.5 Å². The topological polar surface area (TPSA) is 60.2 Å². The largest absolute Gasteiger partial charge is 0.370 e. The summed E-state index contributed by atoms with van der Waals surface area (Å²) in [7, 11) is 0. The molecule has 1 fully saturated rings. The average Bonchev–Trinajstić information content (AvgIpc) is 2.45. The van der Waals surface area contributed by atoms with Crippen molar-refractivity contribution in [1.82, 2.24) is 0 Å². The molecule has 1 saturated carbocycles. The van der Waals surface area contributed by atoms with E-state index in [4.69, 9.17) is 5.73 Å². The van der Waals surface area contributed by atoms with E-state index in [9.17, 15) is 9.59 Å². The van der Waals surface area contributed by atoms with Gasteiger partial charge in [-0.25, -0.2) is 0 Å². The van der Waals surface area contributed by atoms with Crippen LogP contribution in [0.1, 0.15) is 73.1 Å². The van der Waals surface area contributed by atoms with Gasteiger partial charge in [0.25, 0.3) is 0 Å². The van der Waals surface area contributed by atoms with Crippen molar-refractivity contribution >= 4 is 12.2 Å². The zero-order chi connectivity index (χ0) is 16.4. The molecule has 0 spiro atoms. The fraction of sp³-hybridized carbons (Fsp3) is 0.765. The van der Waals surface area contributed by atoms with Crippen LogP contribution in [0.25, 0.3) is 0 Å². The van der Waals surface area contributed by atoms with Crippen molar-refractivity contribution in [3.05, 3.63) is 12.7 Å². The van der Waals surface area contributed by atoms with Gasteiger partial charge in [-0.3, -0.25) is 4.79 Å². The monoisotopic (exact) mass is 285 g/mol. The van der Waals surface area contributed by atoms with Gasteiger partial charge in [0.1, 0.15) is 6.29 Å². The van der Waals surface area contributed by atoms with Gasteiger partial charge in [0.2, 0.25) is 5.91 Å². The molecule has 1 aliphatic carbocycles. The summed E-state index contributed by atoms with van der Waals surface area (Å²) < 4.78 is 0. The molecule has 20 heavy (non-hydrogen) atoms. The molecule has 0 heterocycles. The van der Waals surface area contributed by atoms with E-state index in [0.717, 1.165) is 19.1 Å². The number of carbonyl (C=O) groups excluding carboxylic acids is 2. The van der Waals surface area contributed by atoms with E-state index in [1.807, 2.05) is 33.8 Å². The molecule has 0 bridgehead atoms. The summed E-state index contributed by atoms with van der Waals surface area (Å²) in [5, 5.41) is 0. The normalized spacial score (nSPS) is 13.7. The van der Waals surface area contributed by atoms with Crippen LogP contribution in [0.4, 0.5) is 0 Å². The van der Waals surface area contributed by atoms with Crippen LogP contribution in [0, 0.1) is 11.8 Å². The molecule has 0 aromatic carbocycles. The first kappa shape index (κ1) is 23.9. The second-order valence-corrected chi connectivity index (χ2v) is 4.30. The maximum Gasteiger partial charge on any atom is 0.218 e. The van der Waals surface area contributed by atoms with Crippen LogP contribution in [0.3, 0.4) is 0 Å². The van der Waals surface area contributed by atoms with Crippen molar-refractivity contribution in [2.75, 3.05) is 0 Å². The number of nitrogens with two attached hydrogens (primary N) is 1. The SMILES string of the molecule is C=CCC.CC.CC.NC(=O)C[C@H](C=O)CC1CCC1. The van der Waals surface area contributed by atoms with Crippen LogP contribution in [0.2, 0.25) is 0 Å². The molecule has 0 aromatic heterocycles. The minimum Gasteiger partial charge on any atom is -0.370 e. The molecule has 3 heteroatoms. The molecule has 120 valence electrons. The Hall–Kier alpha value is -1.12. The third-order valence-electron chi connectivity index (χ3n) is 2.81. The fourth-order valence-corrected chi connectivity index (χ4v) is 1.60. The highest BCUT2D eigenvalue weighted by Gasteiger charge is 2.22. The highest BCUT2D eigenvalue weighted by atomic mass is 16.1. The Morgan fingerprint density at radius 1 is 1.30 bits per heavy atom. The van der Waals surface area contributed by atoms with E-state index < -0.39 is 0 Å². The van der Waals surface area contributed by atoms with E-state index in [2.05, 4.69) is 13.5 Å². The van der Waals surface area contributed by atoms with E-state index >= 15 is 0 Å². The summed E-state index contributed by atoms with van der Waals surface area (Å²) in [6.45, 7) is 13.5. The number of hydrogen-bond donors (Lipinski definition) is 1. The number of rotatable bonds is 6. The van der Waals surface area contributed by atoms with Crippen molar-refractivity contribution in [3.8, 4) is 0 Å². The predicted octanol–water partition coefficient (Wildman–Crippen LogP) is 4.50. The van der Waals surface area contributed by atoms with E-state index in [0.29, 0.717) is 5.92 Å². The molecule has 0 aromatic rings. The molecule has 1 rings (SSSR count). The lowest BCUT2D eigenvalue weighted by atomic mass is 9.78. The Balaban J connectivity index is -0.000000306. The number of amides is 1. The van der Waals surface area contributed by atoms with Gasteiger partial charge >= 0.3 is 0 Å². The zero-order valence-electron chi connectivity index (χ0n) is 14.2. The third kappa shape index (κ3) is 16.9. The third-order valence-corrected chi connectivity index (χ3v) is 2.81. The number of primary amides is 1. The quantitative estimate of drug-likeness (QED) is 0.577. The van der Waals surface area contributed by atoms with Gasteiger partial charge in [-0.1, -0.05) is 60.0 Å². The Bertz CT molecular complexity index is 223. The molecule has 1 atom stereocenters. The lowest BCUT2D eigenvalue weighted by Crippen LogP contribution is -2.22. The summed E-state index contributed by atoms with van der Waals surface area (Å²) in [4.78, 5) is 21.0. The summed E-state index contributed by atoms with van der Waals surface area (Å²) in [5.74, 6) is 0.166. The summed E-state index contributed by atoms with van der Waals surface area (Å²) in [6.07, 6.45) is 8.59. The number of allylic oxidation sites excluding steroid dienone is 1. The first-order valence-electron chi connectivity index (χ1n) is 7.98. The molecule has 0 saturated heterocycles. The Morgan fingerprint density at radius 3 is 1.95 bits per heavy atom. The van der Waals surface area contributed by atoms with Crippen molar-refractivity contribution < 1.29 is 9.59 Å². The predicted molar refractivity (Wildman–Crippen MR) is 88.5 cm³/mol. The number of hydrogen-bond acceptors (Lipinski definition) is 2. The number of carbonyl (C=O) groups is 2. The van der Waals surface area contributed by atoms with Gasteiger partial charge in [0.05, 0.1) is 0 Å². The smallest absolute Gasteiger partial charge is 0.218 e. The molecular formula is C17H35NO2. The molecular weight excluding hydrogens is 250 g/mol. The van der Waals surface area contributed by atoms with Gasteiger partial charge in [-0.05, 0) is 18.8 Å². The van der Waals surface area contributed by atoms with Crippen LogP contribution in [-0.2, 0) is 9.59 Å². The first-order chi connectivity index (χ1) is 9.63. The molecule has 2 N–H and O–H groups in total. The average molecular weight is 285 g/mol. The summed E-state index contributed by atoms with van der Waals surface area (Å²) in [6, 6.07) is 0. The van der Waals surface area contributed by atoms with Crippen LogP contribution in [-0.4, -0.2) is 12.2 Å². The van der Waals surface area contributed by atoms with Crippen molar-refractivity contribution in [2.24, 2.45) is 17.6 Å². The van der Waals surface area contributed by atoms with Gasteiger partial charge in [0, 0.05) is 12.3 Å². The van der Waals surface area contributed by atoms with Gasteiger partial charge in [-0.15, -0.1) is 6.58 Å². The Labute approximate surface area is 126 Å². The van der Waals surface area contributed by atoms with Crippen molar-refractivity contribution in [3.63, 3.8) is 0 Å². The lowest BCUT2D eigenvalue weighted by molar-refractivity contribution is -0.122. The van der Waals surface area contributed by atoms with Crippen LogP contribution < -0.4 is 5.73 Å². The second kappa shape index (κ2) is 20.2. The van der Waals surface area contributed by atoms with E-state index in [1.165, 1.54) is 19.3 Å². The molecule has 0 aliphatic heterocycles. The van der Waals surface area contributed by atoms with Crippen LogP contribution >= 0.6 is 0 Å².